The van der Waals surface area contributed by atoms with E-state index in [1.54, 1.807) is 20.8 Å². The molecule has 0 unspecified atom stereocenters. The van der Waals surface area contributed by atoms with E-state index in [9.17, 15) is 5.11 Å². The van der Waals surface area contributed by atoms with Crippen molar-refractivity contribution in [2.75, 3.05) is 6.61 Å². The molecule has 0 aromatic heterocycles. The summed E-state index contributed by atoms with van der Waals surface area (Å²) in [6.45, 7) is 4.87. The molecule has 4 atom stereocenters. The third kappa shape index (κ3) is 1.36. The summed E-state index contributed by atoms with van der Waals surface area (Å²) in [5.74, 6) is -0.736. The summed E-state index contributed by atoms with van der Waals surface area (Å²) in [7, 11) is 0. The maximum Gasteiger partial charge on any atom is 0.190 e. The minimum atomic E-state index is -1.20. The number of hydrogen-bond acceptors (Lipinski definition) is 5. The van der Waals surface area contributed by atoms with E-state index >= 15 is 0 Å². The molecular formula is C9H16O5. The Bertz CT molecular complexity index is 237. The molecule has 2 aliphatic rings. The number of fused-ring (bicyclic) bond motifs is 1. The lowest BCUT2D eigenvalue weighted by molar-refractivity contribution is -0.230. The third-order valence-corrected chi connectivity index (χ3v) is 2.75. The highest BCUT2D eigenvalue weighted by Crippen LogP contribution is 2.42. The van der Waals surface area contributed by atoms with E-state index < -0.39 is 29.9 Å². The minimum Gasteiger partial charge on any atom is -0.394 e. The van der Waals surface area contributed by atoms with E-state index in [1.165, 1.54) is 0 Å². The van der Waals surface area contributed by atoms with Crippen molar-refractivity contribution >= 4 is 0 Å². The van der Waals surface area contributed by atoms with Crippen molar-refractivity contribution in [2.24, 2.45) is 0 Å². The zero-order valence-corrected chi connectivity index (χ0v) is 8.56. The summed E-state index contributed by atoms with van der Waals surface area (Å²) in [6, 6.07) is 0. The normalized spacial score (nSPS) is 50.8. The van der Waals surface area contributed by atoms with Crippen LogP contribution in [0.25, 0.3) is 0 Å². The van der Waals surface area contributed by atoms with E-state index in [0.717, 1.165) is 0 Å². The Morgan fingerprint density at radius 3 is 2.36 bits per heavy atom. The summed E-state index contributed by atoms with van der Waals surface area (Å²) < 4.78 is 16.3. The summed E-state index contributed by atoms with van der Waals surface area (Å²) in [4.78, 5) is 0. The molecule has 2 aliphatic heterocycles. The highest BCUT2D eigenvalue weighted by Gasteiger charge is 2.60. The third-order valence-electron chi connectivity index (χ3n) is 2.75. The zero-order valence-electron chi connectivity index (χ0n) is 8.56. The smallest absolute Gasteiger partial charge is 0.190 e. The van der Waals surface area contributed by atoms with Gasteiger partial charge < -0.3 is 24.4 Å². The van der Waals surface area contributed by atoms with Gasteiger partial charge in [-0.25, -0.2) is 0 Å². The summed E-state index contributed by atoms with van der Waals surface area (Å²) in [5, 5.41) is 19.1. The second kappa shape index (κ2) is 2.90. The molecule has 5 nitrogen and oxygen atoms in total. The lowest BCUT2D eigenvalue weighted by Gasteiger charge is -2.29. The van der Waals surface area contributed by atoms with Gasteiger partial charge in [0.15, 0.2) is 12.1 Å². The first kappa shape index (κ1) is 10.3. The van der Waals surface area contributed by atoms with Crippen LogP contribution in [0.4, 0.5) is 0 Å². The van der Waals surface area contributed by atoms with Gasteiger partial charge in [-0.1, -0.05) is 0 Å². The molecule has 0 amide bonds. The first-order chi connectivity index (χ1) is 6.37. The SMILES string of the molecule is CC1(C)O[C@H]2O[C@H](CO)[C@](C)(O)[C@H]2O1. The van der Waals surface area contributed by atoms with Crippen LogP contribution in [0.15, 0.2) is 0 Å². The quantitative estimate of drug-likeness (QED) is 0.608. The Kier molecular flexibility index (Phi) is 2.14. The van der Waals surface area contributed by atoms with Crippen molar-refractivity contribution < 1.29 is 24.4 Å². The van der Waals surface area contributed by atoms with E-state index in [0.29, 0.717) is 0 Å². The van der Waals surface area contributed by atoms with Crippen LogP contribution in [0.3, 0.4) is 0 Å². The highest BCUT2D eigenvalue weighted by atomic mass is 16.8. The fraction of sp³-hybridized carbons (Fsp3) is 1.00. The van der Waals surface area contributed by atoms with Crippen molar-refractivity contribution in [1.82, 2.24) is 0 Å². The lowest BCUT2D eigenvalue weighted by Crippen LogP contribution is -2.47. The summed E-state index contributed by atoms with van der Waals surface area (Å²) >= 11 is 0. The maximum absolute atomic E-state index is 10.1. The Morgan fingerprint density at radius 1 is 1.21 bits per heavy atom. The molecule has 0 spiro atoms. The van der Waals surface area contributed by atoms with Crippen LogP contribution in [-0.2, 0) is 14.2 Å². The van der Waals surface area contributed by atoms with E-state index in [1.807, 2.05) is 0 Å². The number of aliphatic hydroxyl groups is 2. The molecule has 0 saturated carbocycles. The molecule has 0 radical (unpaired) electrons. The van der Waals surface area contributed by atoms with Gasteiger partial charge in [0.05, 0.1) is 6.61 Å². The van der Waals surface area contributed by atoms with Crippen molar-refractivity contribution in [1.29, 1.82) is 0 Å². The minimum absolute atomic E-state index is 0.243. The Balaban J connectivity index is 2.18. The van der Waals surface area contributed by atoms with Crippen LogP contribution in [-0.4, -0.2) is 46.7 Å². The monoisotopic (exact) mass is 204 g/mol. The molecule has 14 heavy (non-hydrogen) atoms. The molecule has 2 saturated heterocycles. The topological polar surface area (TPSA) is 68.2 Å². The fourth-order valence-electron chi connectivity index (χ4n) is 1.94. The molecule has 0 aromatic rings. The zero-order chi connectivity index (χ0) is 10.6. The molecule has 2 rings (SSSR count). The van der Waals surface area contributed by atoms with Crippen LogP contribution < -0.4 is 0 Å². The molecule has 2 N–H and O–H groups in total. The molecule has 0 aliphatic carbocycles. The van der Waals surface area contributed by atoms with Gasteiger partial charge in [-0.3, -0.25) is 0 Å². The number of rotatable bonds is 1. The van der Waals surface area contributed by atoms with Crippen molar-refractivity contribution in [3.63, 3.8) is 0 Å². The molecule has 5 heteroatoms. The Morgan fingerprint density at radius 2 is 1.86 bits per heavy atom. The summed E-state index contributed by atoms with van der Waals surface area (Å²) in [6.07, 6.45) is -1.76. The van der Waals surface area contributed by atoms with Gasteiger partial charge in [-0.15, -0.1) is 0 Å². The molecule has 2 fully saturated rings. The van der Waals surface area contributed by atoms with Crippen LogP contribution in [0.1, 0.15) is 20.8 Å². The standard InChI is InChI=1S/C9H16O5/c1-8(2)13-6-7(14-8)12-5(4-10)9(6,3)11/h5-7,10-11H,4H2,1-3H3/t5-,6+,7-,9+/m1/s1. The Labute approximate surface area is 82.6 Å². The van der Waals surface area contributed by atoms with Crippen LogP contribution in [0.5, 0.6) is 0 Å². The second-order valence-corrected chi connectivity index (χ2v) is 4.46. The molecule has 0 aromatic carbocycles. The predicted octanol–water partition coefficient (Wildman–Crippen LogP) is -0.394. The van der Waals surface area contributed by atoms with Gasteiger partial charge in [0.1, 0.15) is 17.8 Å². The van der Waals surface area contributed by atoms with Crippen LogP contribution >= 0.6 is 0 Å². The number of aliphatic hydroxyl groups excluding tert-OH is 1. The summed E-state index contributed by atoms with van der Waals surface area (Å²) in [5.41, 5.74) is -1.20. The van der Waals surface area contributed by atoms with Gasteiger partial charge in [-0.05, 0) is 20.8 Å². The van der Waals surface area contributed by atoms with Crippen molar-refractivity contribution in [2.45, 2.75) is 50.7 Å². The van der Waals surface area contributed by atoms with Crippen molar-refractivity contribution in [3.05, 3.63) is 0 Å². The lowest BCUT2D eigenvalue weighted by atomic mass is 9.95. The second-order valence-electron chi connectivity index (χ2n) is 4.46. The van der Waals surface area contributed by atoms with Gasteiger partial charge in [-0.2, -0.15) is 0 Å². The predicted molar refractivity (Wildman–Crippen MR) is 46.4 cm³/mol. The molecule has 0 bridgehead atoms. The van der Waals surface area contributed by atoms with E-state index in [-0.39, 0.29) is 6.61 Å². The largest absolute Gasteiger partial charge is 0.394 e. The molecule has 2 heterocycles. The van der Waals surface area contributed by atoms with E-state index in [4.69, 9.17) is 19.3 Å². The molecular weight excluding hydrogens is 188 g/mol. The van der Waals surface area contributed by atoms with Crippen LogP contribution in [0, 0.1) is 0 Å². The average Bonchev–Trinajstić information content (AvgIpc) is 2.45. The first-order valence-electron chi connectivity index (χ1n) is 4.71. The van der Waals surface area contributed by atoms with Gasteiger partial charge in [0.2, 0.25) is 0 Å². The van der Waals surface area contributed by atoms with Gasteiger partial charge >= 0.3 is 0 Å². The van der Waals surface area contributed by atoms with Gasteiger partial charge in [0, 0.05) is 0 Å². The molecule has 82 valence electrons. The van der Waals surface area contributed by atoms with Crippen LogP contribution in [0.2, 0.25) is 0 Å². The van der Waals surface area contributed by atoms with Crippen molar-refractivity contribution in [3.8, 4) is 0 Å². The number of ether oxygens (including phenoxy) is 3. The highest BCUT2D eigenvalue weighted by molar-refractivity contribution is 5.01. The van der Waals surface area contributed by atoms with Gasteiger partial charge in [0.25, 0.3) is 0 Å². The first-order valence-corrected chi connectivity index (χ1v) is 4.71. The fourth-order valence-corrected chi connectivity index (χ4v) is 1.94. The average molecular weight is 204 g/mol. The van der Waals surface area contributed by atoms with E-state index in [2.05, 4.69) is 0 Å². The Hall–Kier alpha value is -0.200. The number of hydrogen-bond donors (Lipinski definition) is 2. The maximum atomic E-state index is 10.1.